The third-order valence-corrected chi connectivity index (χ3v) is 5.91. The Hall–Kier alpha value is -2.86. The minimum atomic E-state index is -1.21. The van der Waals surface area contributed by atoms with Gasteiger partial charge in [-0.1, -0.05) is 17.3 Å². The van der Waals surface area contributed by atoms with Crippen molar-refractivity contribution in [3.63, 3.8) is 0 Å². The number of nitrogen functional groups attached to an aromatic ring is 1. The predicted octanol–water partition coefficient (Wildman–Crippen LogP) is 0.218. The summed E-state index contributed by atoms with van der Waals surface area (Å²) in [5.41, 5.74) is 5.66. The number of anilines is 1. The molecule has 1 unspecified atom stereocenters. The summed E-state index contributed by atoms with van der Waals surface area (Å²) in [5, 5.41) is 25.1. The Morgan fingerprint density at radius 3 is 2.81 bits per heavy atom. The minimum absolute atomic E-state index is 0.0823. The van der Waals surface area contributed by atoms with Gasteiger partial charge in [-0.2, -0.15) is 0 Å². The van der Waals surface area contributed by atoms with Gasteiger partial charge >= 0.3 is 5.97 Å². The van der Waals surface area contributed by atoms with E-state index in [4.69, 9.17) is 10.9 Å². The topological polar surface area (TPSA) is 158 Å². The maximum Gasteiger partial charge on any atom is 0.352 e. The third kappa shape index (κ3) is 3.28. The number of carboxylic acid groups (broad SMARTS) is 1. The van der Waals surface area contributed by atoms with E-state index in [2.05, 4.69) is 15.5 Å². The summed E-state index contributed by atoms with van der Waals surface area (Å²) < 4.78 is 0. The number of nitrogens with zero attached hydrogens (tertiary/aromatic N) is 3. The van der Waals surface area contributed by atoms with Gasteiger partial charge in [0.2, 0.25) is 0 Å². The van der Waals surface area contributed by atoms with Crippen LogP contribution in [0.15, 0.2) is 34.0 Å². The Kier molecular flexibility index (Phi) is 5.19. The van der Waals surface area contributed by atoms with Crippen LogP contribution in [0.2, 0.25) is 0 Å². The number of carbonyl (C=O) groups is 3. The zero-order valence-electron chi connectivity index (χ0n) is 13.9. The highest BCUT2D eigenvalue weighted by atomic mass is 32.2. The average Bonchev–Trinajstić information content (AvgIpc) is 3.05. The molecule has 142 valence electrons. The van der Waals surface area contributed by atoms with Crippen molar-refractivity contribution >= 4 is 51.7 Å². The molecule has 0 spiro atoms. The monoisotopic (exact) mass is 409 g/mol. The van der Waals surface area contributed by atoms with Gasteiger partial charge < -0.3 is 21.4 Å². The van der Waals surface area contributed by atoms with Crippen molar-refractivity contribution < 1.29 is 24.7 Å². The summed E-state index contributed by atoms with van der Waals surface area (Å²) in [6.45, 7) is 1.76. The van der Waals surface area contributed by atoms with Crippen molar-refractivity contribution in [1.29, 1.82) is 0 Å². The molecule has 2 amide bonds. The number of carboxylic acids is 1. The van der Waals surface area contributed by atoms with Gasteiger partial charge in [0, 0.05) is 11.1 Å². The minimum Gasteiger partial charge on any atom is -0.477 e. The largest absolute Gasteiger partial charge is 0.477 e. The molecule has 0 aromatic carbocycles. The van der Waals surface area contributed by atoms with Gasteiger partial charge in [-0.3, -0.25) is 14.5 Å². The molecule has 5 N–H and O–H groups in total. The van der Waals surface area contributed by atoms with E-state index in [1.165, 1.54) is 17.1 Å². The first kappa shape index (κ1) is 18.9. The molecule has 0 bridgehead atoms. The zero-order chi connectivity index (χ0) is 19.7. The molecule has 0 radical (unpaired) electrons. The number of nitrogens with two attached hydrogens (primary N) is 1. The van der Waals surface area contributed by atoms with E-state index in [-0.39, 0.29) is 22.2 Å². The SMILES string of the molecule is C/C=C\C1=C(C(=O)O)N2C(=O)C(NC(=O)/C(=N/O)c3csc(N)n3)[C@H]2SC1. The number of nitrogens with one attached hydrogen (secondary N) is 1. The number of aliphatic carboxylic acids is 1. The number of thiazole rings is 1. The Bertz CT molecular complexity index is 906. The van der Waals surface area contributed by atoms with Gasteiger partial charge in [0.05, 0.1) is 0 Å². The number of β-lactam (4-membered cyclic amide) rings is 1. The zero-order valence-corrected chi connectivity index (χ0v) is 15.6. The van der Waals surface area contributed by atoms with Crippen LogP contribution in [-0.4, -0.2) is 60.9 Å². The maximum absolute atomic E-state index is 12.5. The van der Waals surface area contributed by atoms with E-state index in [1.807, 2.05) is 0 Å². The molecule has 2 atom stereocenters. The number of hydrogen-bond donors (Lipinski definition) is 4. The van der Waals surface area contributed by atoms with Gasteiger partial charge in [-0.15, -0.1) is 23.1 Å². The average molecular weight is 409 g/mol. The first-order valence-electron chi connectivity index (χ1n) is 7.67. The second-order valence-corrected chi connectivity index (χ2v) is 7.55. The first-order chi connectivity index (χ1) is 12.9. The number of fused-ring (bicyclic) bond motifs is 1. The highest BCUT2D eigenvalue weighted by Gasteiger charge is 2.54. The van der Waals surface area contributed by atoms with Gasteiger partial charge in [0.1, 0.15) is 22.8 Å². The lowest BCUT2D eigenvalue weighted by atomic mass is 10.0. The van der Waals surface area contributed by atoms with E-state index >= 15 is 0 Å². The van der Waals surface area contributed by atoms with Gasteiger partial charge in [0.15, 0.2) is 10.8 Å². The lowest BCUT2D eigenvalue weighted by Gasteiger charge is -2.49. The molecule has 27 heavy (non-hydrogen) atoms. The van der Waals surface area contributed by atoms with E-state index in [9.17, 15) is 19.5 Å². The summed E-state index contributed by atoms with van der Waals surface area (Å²) in [6.07, 6.45) is 3.35. The smallest absolute Gasteiger partial charge is 0.352 e. The van der Waals surface area contributed by atoms with Crippen molar-refractivity contribution in [3.8, 4) is 0 Å². The van der Waals surface area contributed by atoms with Crippen molar-refractivity contribution in [2.45, 2.75) is 18.3 Å². The summed E-state index contributed by atoms with van der Waals surface area (Å²) in [5.74, 6) is -2.17. The Balaban J connectivity index is 1.79. The predicted molar refractivity (Wildman–Crippen MR) is 99.3 cm³/mol. The van der Waals surface area contributed by atoms with Crippen LogP contribution in [-0.2, 0) is 14.4 Å². The first-order valence-corrected chi connectivity index (χ1v) is 9.60. The summed E-state index contributed by atoms with van der Waals surface area (Å²) in [4.78, 5) is 41.5. The molecule has 3 heterocycles. The van der Waals surface area contributed by atoms with Gasteiger partial charge in [-0.05, 0) is 12.5 Å². The van der Waals surface area contributed by atoms with Crippen molar-refractivity contribution in [2.75, 3.05) is 11.5 Å². The van der Waals surface area contributed by atoms with Crippen molar-refractivity contribution in [3.05, 3.63) is 34.5 Å². The Morgan fingerprint density at radius 1 is 1.52 bits per heavy atom. The number of rotatable bonds is 5. The summed E-state index contributed by atoms with van der Waals surface area (Å²) in [7, 11) is 0. The second kappa shape index (κ2) is 7.40. The standard InChI is InChI=1S/C15H15N5O5S2/c1-2-3-6-4-26-13-9(12(22)20(13)10(6)14(23)24)18-11(21)8(19-25)7-5-27-15(16)17-7/h2-3,5,9,13,25H,4H2,1H3,(H2,16,17)(H,18,21)(H,23,24)/b3-2-,19-8+/t9?,13-/m1/s1. The fourth-order valence-electron chi connectivity index (χ4n) is 2.79. The van der Waals surface area contributed by atoms with Crippen molar-refractivity contribution in [1.82, 2.24) is 15.2 Å². The highest BCUT2D eigenvalue weighted by molar-refractivity contribution is 8.00. The van der Waals surface area contributed by atoms with E-state index in [1.54, 1.807) is 19.1 Å². The molecule has 1 aromatic rings. The van der Waals surface area contributed by atoms with Gasteiger partial charge in [-0.25, -0.2) is 9.78 Å². The Morgan fingerprint density at radius 2 is 2.26 bits per heavy atom. The third-order valence-electron chi connectivity index (χ3n) is 3.93. The number of hydrogen-bond acceptors (Lipinski definition) is 9. The quantitative estimate of drug-likeness (QED) is 0.233. The van der Waals surface area contributed by atoms with Crippen LogP contribution < -0.4 is 11.1 Å². The molecule has 1 fully saturated rings. The molecule has 1 saturated heterocycles. The number of thioether (sulfide) groups is 1. The summed E-state index contributed by atoms with van der Waals surface area (Å²) >= 11 is 2.41. The molecule has 1 aromatic heterocycles. The second-order valence-electron chi connectivity index (χ2n) is 5.56. The van der Waals surface area contributed by atoms with E-state index in [0.717, 1.165) is 16.2 Å². The number of aromatic nitrogens is 1. The normalized spacial score (nSPS) is 22.6. The molecule has 0 aliphatic carbocycles. The molecule has 0 saturated carbocycles. The van der Waals surface area contributed by atoms with E-state index < -0.39 is 29.2 Å². The van der Waals surface area contributed by atoms with E-state index in [0.29, 0.717) is 11.3 Å². The highest BCUT2D eigenvalue weighted by Crippen LogP contribution is 2.40. The molecular weight excluding hydrogens is 394 g/mol. The van der Waals surface area contributed by atoms with Crippen LogP contribution in [0.4, 0.5) is 5.13 Å². The molecular formula is C15H15N5O5S2. The number of allylic oxidation sites excluding steroid dienone is 2. The number of carbonyl (C=O) groups excluding carboxylic acids is 2. The molecule has 2 aliphatic heterocycles. The van der Waals surface area contributed by atoms with Crippen LogP contribution in [0.5, 0.6) is 0 Å². The lowest BCUT2D eigenvalue weighted by molar-refractivity contribution is -0.150. The molecule has 10 nitrogen and oxygen atoms in total. The molecule has 12 heteroatoms. The van der Waals surface area contributed by atoms with Crippen LogP contribution in [0, 0.1) is 0 Å². The number of oxime groups is 1. The molecule has 2 aliphatic rings. The maximum atomic E-state index is 12.5. The summed E-state index contributed by atoms with van der Waals surface area (Å²) in [6, 6.07) is -0.934. The van der Waals surface area contributed by atoms with Gasteiger partial charge in [0.25, 0.3) is 11.8 Å². The van der Waals surface area contributed by atoms with Crippen molar-refractivity contribution in [2.24, 2.45) is 5.16 Å². The fourth-order valence-corrected chi connectivity index (χ4v) is 4.66. The fraction of sp³-hybridized carbons (Fsp3) is 0.267. The van der Waals surface area contributed by atoms with Crippen LogP contribution in [0.1, 0.15) is 12.6 Å². The Labute approximate surface area is 161 Å². The van der Waals surface area contributed by atoms with Crippen LogP contribution >= 0.6 is 23.1 Å². The number of amides is 2. The van der Waals surface area contributed by atoms with Crippen LogP contribution in [0.3, 0.4) is 0 Å². The van der Waals surface area contributed by atoms with Crippen LogP contribution in [0.25, 0.3) is 0 Å². The lowest BCUT2D eigenvalue weighted by Crippen LogP contribution is -2.71. The molecule has 3 rings (SSSR count).